The topological polar surface area (TPSA) is 131 Å². The molecule has 6 rings (SSSR count). The molecule has 0 saturated carbocycles. The number of rotatable bonds is 5. The van der Waals surface area contributed by atoms with Crippen LogP contribution in [-0.2, 0) is 0 Å². The summed E-state index contributed by atoms with van der Waals surface area (Å²) in [5, 5.41) is 15.3. The predicted octanol–water partition coefficient (Wildman–Crippen LogP) is 1.48. The lowest BCUT2D eigenvalue weighted by molar-refractivity contribution is 0.100. The average molecular weight is 445 g/mol. The largest absolute Gasteiger partial charge is 0.365 e. The van der Waals surface area contributed by atoms with E-state index in [1.807, 2.05) is 34.9 Å². The van der Waals surface area contributed by atoms with Gasteiger partial charge in [0.25, 0.3) is 5.91 Å². The molecule has 3 aromatic heterocycles. The van der Waals surface area contributed by atoms with Gasteiger partial charge in [0.1, 0.15) is 5.56 Å². The highest BCUT2D eigenvalue weighted by Gasteiger charge is 2.41. The van der Waals surface area contributed by atoms with Crippen molar-refractivity contribution in [1.82, 2.24) is 34.7 Å². The molecule has 4 aromatic rings. The van der Waals surface area contributed by atoms with Gasteiger partial charge in [0.15, 0.2) is 11.5 Å². The highest BCUT2D eigenvalue weighted by atomic mass is 16.1. The number of hydrogen-bond donors (Lipinski definition) is 3. The smallest absolute Gasteiger partial charge is 0.256 e. The van der Waals surface area contributed by atoms with E-state index in [0.29, 0.717) is 11.5 Å². The van der Waals surface area contributed by atoms with E-state index >= 15 is 0 Å². The van der Waals surface area contributed by atoms with Gasteiger partial charge < -0.3 is 21.3 Å². The third-order valence-electron chi connectivity index (χ3n) is 6.50. The summed E-state index contributed by atoms with van der Waals surface area (Å²) in [5.41, 5.74) is 8.16. The van der Waals surface area contributed by atoms with Crippen LogP contribution in [0.25, 0.3) is 11.3 Å². The lowest BCUT2D eigenvalue weighted by Crippen LogP contribution is -2.42. The van der Waals surface area contributed by atoms with Crippen LogP contribution in [0.3, 0.4) is 0 Å². The molecule has 1 atom stereocenters. The van der Waals surface area contributed by atoms with Gasteiger partial charge in [0.2, 0.25) is 5.95 Å². The van der Waals surface area contributed by atoms with Crippen molar-refractivity contribution in [2.24, 2.45) is 5.73 Å². The first-order valence-electron chi connectivity index (χ1n) is 11.0. The third-order valence-corrected chi connectivity index (χ3v) is 6.50. The summed E-state index contributed by atoms with van der Waals surface area (Å²) >= 11 is 0. The highest BCUT2D eigenvalue weighted by Crippen LogP contribution is 2.34. The van der Waals surface area contributed by atoms with Crippen LogP contribution in [0, 0.1) is 0 Å². The molecule has 2 fully saturated rings. The number of carbonyl (C=O) groups is 1. The molecule has 5 heterocycles. The summed E-state index contributed by atoms with van der Waals surface area (Å²) in [4.78, 5) is 25.6. The monoisotopic (exact) mass is 444 g/mol. The molecule has 2 aliphatic heterocycles. The third kappa shape index (κ3) is 3.37. The maximum Gasteiger partial charge on any atom is 0.256 e. The maximum absolute atomic E-state index is 12.5. The molecule has 2 saturated heterocycles. The number of nitrogens with two attached hydrogens (primary N) is 1. The second-order valence-corrected chi connectivity index (χ2v) is 8.60. The first-order chi connectivity index (χ1) is 16.1. The molecule has 11 heteroatoms. The Morgan fingerprint density at radius 1 is 1.18 bits per heavy atom. The molecule has 1 spiro atoms. The van der Waals surface area contributed by atoms with Crippen molar-refractivity contribution in [2.75, 3.05) is 29.9 Å². The van der Waals surface area contributed by atoms with Crippen LogP contribution >= 0.6 is 0 Å². The number of imidazole rings is 1. The lowest BCUT2D eigenvalue weighted by atomic mass is 9.97. The van der Waals surface area contributed by atoms with Crippen molar-refractivity contribution >= 4 is 29.0 Å². The number of carbonyl (C=O) groups excluding carboxylic acids is 1. The zero-order valence-electron chi connectivity index (χ0n) is 18.0. The van der Waals surface area contributed by atoms with E-state index < -0.39 is 5.91 Å². The van der Waals surface area contributed by atoms with E-state index in [0.717, 1.165) is 49.8 Å². The minimum absolute atomic E-state index is 0.135. The number of amides is 1. The number of hydrogen-bond acceptors (Lipinski definition) is 8. The van der Waals surface area contributed by atoms with E-state index in [1.165, 1.54) is 11.2 Å². The molecule has 33 heavy (non-hydrogen) atoms. The molecule has 0 aliphatic carbocycles. The zero-order valence-corrected chi connectivity index (χ0v) is 18.0. The molecule has 1 aromatic carbocycles. The van der Waals surface area contributed by atoms with Crippen molar-refractivity contribution in [3.63, 3.8) is 0 Å². The van der Waals surface area contributed by atoms with E-state index in [1.54, 1.807) is 18.6 Å². The van der Waals surface area contributed by atoms with Gasteiger partial charge in [-0.1, -0.05) is 6.07 Å². The van der Waals surface area contributed by atoms with Crippen molar-refractivity contribution in [2.45, 2.75) is 24.8 Å². The number of fused-ring (bicyclic) bond motifs is 1. The number of aromatic nitrogens is 6. The van der Waals surface area contributed by atoms with Crippen LogP contribution in [0.2, 0.25) is 0 Å². The van der Waals surface area contributed by atoms with Crippen molar-refractivity contribution in [1.29, 1.82) is 0 Å². The minimum atomic E-state index is -0.590. The van der Waals surface area contributed by atoms with Crippen molar-refractivity contribution < 1.29 is 4.79 Å². The fourth-order valence-electron chi connectivity index (χ4n) is 4.96. The standard InChI is InChI=1S/C22H24N10O/c23-18(33)17-19(28-15-3-1-4-16(13-15)32-26-8-9-27-32)29-21(31-12-10-24-20(17)31)30-11-6-22(14-30)5-2-7-25-22/h1,3-4,8-10,12-13,25,28H,2,5-7,11,14H2,(H2,23,33). The van der Waals surface area contributed by atoms with Crippen LogP contribution in [0.1, 0.15) is 29.6 Å². The Labute approximate surface area is 189 Å². The molecule has 1 amide bonds. The van der Waals surface area contributed by atoms with Crippen LogP contribution in [-0.4, -0.2) is 60.4 Å². The molecule has 1 unspecified atom stereocenters. The first-order valence-corrected chi connectivity index (χ1v) is 11.0. The number of primary amides is 1. The molecular formula is C22H24N10O. The SMILES string of the molecule is NC(=O)c1c(Nc2cccc(-n3nccn3)c2)nc(N2CCC3(CCCN3)C2)n2ccnc12. The zero-order chi connectivity index (χ0) is 22.4. The quantitative estimate of drug-likeness (QED) is 0.422. The van der Waals surface area contributed by atoms with E-state index in [2.05, 4.69) is 30.7 Å². The van der Waals surface area contributed by atoms with Crippen molar-refractivity contribution in [3.05, 3.63) is 54.6 Å². The van der Waals surface area contributed by atoms with Crippen LogP contribution in [0.5, 0.6) is 0 Å². The molecule has 4 N–H and O–H groups in total. The summed E-state index contributed by atoms with van der Waals surface area (Å²) in [6, 6.07) is 7.56. The van der Waals surface area contributed by atoms with E-state index in [9.17, 15) is 4.79 Å². The number of nitrogens with zero attached hydrogens (tertiary/aromatic N) is 7. The van der Waals surface area contributed by atoms with Gasteiger partial charge in [0.05, 0.1) is 18.1 Å². The van der Waals surface area contributed by atoms with Gasteiger partial charge >= 0.3 is 0 Å². The fraction of sp³-hybridized carbons (Fsp3) is 0.318. The summed E-state index contributed by atoms with van der Waals surface area (Å²) < 4.78 is 1.85. The second-order valence-electron chi connectivity index (χ2n) is 8.60. The van der Waals surface area contributed by atoms with Crippen LogP contribution < -0.4 is 21.3 Å². The predicted molar refractivity (Wildman–Crippen MR) is 123 cm³/mol. The van der Waals surface area contributed by atoms with Gasteiger partial charge in [0, 0.05) is 36.7 Å². The Morgan fingerprint density at radius 3 is 2.85 bits per heavy atom. The molecule has 11 nitrogen and oxygen atoms in total. The Morgan fingerprint density at radius 2 is 2.06 bits per heavy atom. The van der Waals surface area contributed by atoms with Gasteiger partial charge in [-0.2, -0.15) is 20.0 Å². The number of anilines is 3. The summed E-state index contributed by atoms with van der Waals surface area (Å²) in [6.45, 7) is 2.79. The summed E-state index contributed by atoms with van der Waals surface area (Å²) in [7, 11) is 0. The summed E-state index contributed by atoms with van der Waals surface area (Å²) in [5.74, 6) is 0.528. The van der Waals surface area contributed by atoms with Gasteiger partial charge in [-0.25, -0.2) is 4.98 Å². The molecule has 0 radical (unpaired) electrons. The normalized spacial score (nSPS) is 20.2. The van der Waals surface area contributed by atoms with E-state index in [-0.39, 0.29) is 11.1 Å². The lowest BCUT2D eigenvalue weighted by Gasteiger charge is -2.25. The number of nitrogens with one attached hydrogen (secondary N) is 2. The highest BCUT2D eigenvalue weighted by molar-refractivity contribution is 6.04. The number of benzene rings is 1. The van der Waals surface area contributed by atoms with E-state index in [4.69, 9.17) is 10.7 Å². The molecular weight excluding hydrogens is 420 g/mol. The van der Waals surface area contributed by atoms with Crippen molar-refractivity contribution in [3.8, 4) is 5.69 Å². The van der Waals surface area contributed by atoms with Crippen LogP contribution in [0.15, 0.2) is 49.1 Å². The minimum Gasteiger partial charge on any atom is -0.365 e. The average Bonchev–Trinajstić information content (AvgIpc) is 3.62. The van der Waals surface area contributed by atoms with Gasteiger partial charge in [-0.3, -0.25) is 9.20 Å². The maximum atomic E-state index is 12.5. The fourth-order valence-corrected chi connectivity index (χ4v) is 4.96. The molecule has 2 aliphatic rings. The second kappa shape index (κ2) is 7.55. The molecule has 0 bridgehead atoms. The Kier molecular flexibility index (Phi) is 4.50. The van der Waals surface area contributed by atoms with Crippen LogP contribution in [0.4, 0.5) is 17.5 Å². The Balaban J connectivity index is 1.42. The van der Waals surface area contributed by atoms with Gasteiger partial charge in [-0.05, 0) is 44.0 Å². The Hall–Kier alpha value is -3.99. The summed E-state index contributed by atoms with van der Waals surface area (Å²) in [6.07, 6.45) is 10.1. The Bertz CT molecular complexity index is 1320. The molecule has 168 valence electrons. The first kappa shape index (κ1) is 19.7. The van der Waals surface area contributed by atoms with Gasteiger partial charge in [-0.15, -0.1) is 0 Å².